The van der Waals surface area contributed by atoms with Gasteiger partial charge in [0.15, 0.2) is 0 Å². The molecule has 8 heteroatoms. The third kappa shape index (κ3) is 4.06. The predicted octanol–water partition coefficient (Wildman–Crippen LogP) is 1.83. The van der Waals surface area contributed by atoms with Gasteiger partial charge in [0.05, 0.1) is 18.7 Å². The number of hydrogen-bond acceptors (Lipinski definition) is 7. The summed E-state index contributed by atoms with van der Waals surface area (Å²) in [5, 5.41) is 9.08. The topological polar surface area (TPSA) is 101 Å². The SMILES string of the molecule is CCOc1ccc(C(=O)N2CCC[C@H](Oc3nccnc3C#N)C2)cn1. The van der Waals surface area contributed by atoms with E-state index >= 15 is 0 Å². The number of carbonyl (C=O) groups is 1. The molecule has 1 aliphatic rings. The van der Waals surface area contributed by atoms with Crippen molar-refractivity contribution in [3.05, 3.63) is 42.0 Å². The molecule has 1 amide bonds. The first-order valence-electron chi connectivity index (χ1n) is 8.47. The fourth-order valence-electron chi connectivity index (χ4n) is 2.79. The summed E-state index contributed by atoms with van der Waals surface area (Å²) in [5.74, 6) is 0.598. The van der Waals surface area contributed by atoms with E-state index < -0.39 is 0 Å². The third-order valence-electron chi connectivity index (χ3n) is 3.99. The van der Waals surface area contributed by atoms with Gasteiger partial charge in [0.2, 0.25) is 11.6 Å². The maximum Gasteiger partial charge on any atom is 0.255 e. The van der Waals surface area contributed by atoms with E-state index in [0.717, 1.165) is 12.8 Å². The molecule has 0 N–H and O–H groups in total. The zero-order chi connectivity index (χ0) is 18.4. The molecule has 1 aliphatic heterocycles. The summed E-state index contributed by atoms with van der Waals surface area (Å²) < 4.78 is 11.1. The van der Waals surface area contributed by atoms with Gasteiger partial charge in [0, 0.05) is 31.2 Å². The molecule has 2 aromatic rings. The largest absolute Gasteiger partial charge is 0.478 e. The molecular weight excluding hydrogens is 334 g/mol. The minimum atomic E-state index is -0.229. The standard InChI is InChI=1S/C18H19N5O3/c1-2-25-16-6-5-13(11-22-16)18(24)23-9-3-4-14(12-23)26-17-15(10-19)20-7-8-21-17/h5-8,11,14H,2-4,9,12H2,1H3/t14-/m0/s1. The first-order chi connectivity index (χ1) is 12.7. The number of hydrogen-bond donors (Lipinski definition) is 0. The van der Waals surface area contributed by atoms with Gasteiger partial charge in [0.25, 0.3) is 11.8 Å². The van der Waals surface area contributed by atoms with Crippen molar-refractivity contribution >= 4 is 5.91 Å². The first-order valence-corrected chi connectivity index (χ1v) is 8.47. The normalized spacial score (nSPS) is 16.6. The molecule has 2 aromatic heterocycles. The fourth-order valence-corrected chi connectivity index (χ4v) is 2.79. The van der Waals surface area contributed by atoms with Crippen LogP contribution in [-0.2, 0) is 0 Å². The molecule has 1 fully saturated rings. The summed E-state index contributed by atoms with van der Waals surface area (Å²) in [4.78, 5) is 26.6. The number of piperidine rings is 1. The molecule has 134 valence electrons. The average Bonchev–Trinajstić information content (AvgIpc) is 2.69. The van der Waals surface area contributed by atoms with E-state index in [1.165, 1.54) is 18.6 Å². The van der Waals surface area contributed by atoms with E-state index in [-0.39, 0.29) is 23.6 Å². The van der Waals surface area contributed by atoms with E-state index in [0.29, 0.717) is 31.1 Å². The number of rotatable bonds is 5. The van der Waals surface area contributed by atoms with Crippen LogP contribution in [0, 0.1) is 11.3 Å². The van der Waals surface area contributed by atoms with Gasteiger partial charge in [-0.2, -0.15) is 5.26 Å². The summed E-state index contributed by atoms with van der Waals surface area (Å²) in [5.41, 5.74) is 0.651. The number of nitrogens with zero attached hydrogens (tertiary/aromatic N) is 5. The van der Waals surface area contributed by atoms with Crippen LogP contribution in [0.4, 0.5) is 0 Å². The number of ether oxygens (including phenoxy) is 2. The molecule has 0 spiro atoms. The summed E-state index contributed by atoms with van der Waals surface area (Å²) >= 11 is 0. The van der Waals surface area contributed by atoms with Crippen LogP contribution in [0.5, 0.6) is 11.8 Å². The van der Waals surface area contributed by atoms with Crippen LogP contribution in [0.1, 0.15) is 35.8 Å². The Balaban J connectivity index is 1.66. The molecule has 26 heavy (non-hydrogen) atoms. The lowest BCUT2D eigenvalue weighted by Crippen LogP contribution is -2.44. The van der Waals surface area contributed by atoms with E-state index in [1.807, 2.05) is 13.0 Å². The highest BCUT2D eigenvalue weighted by atomic mass is 16.5. The molecule has 3 rings (SSSR count). The molecule has 0 radical (unpaired) electrons. The van der Waals surface area contributed by atoms with Crippen LogP contribution >= 0.6 is 0 Å². The van der Waals surface area contributed by atoms with Crippen LogP contribution in [-0.4, -0.2) is 51.6 Å². The number of nitriles is 1. The van der Waals surface area contributed by atoms with Crippen molar-refractivity contribution in [2.24, 2.45) is 0 Å². The molecule has 0 bridgehead atoms. The van der Waals surface area contributed by atoms with E-state index in [4.69, 9.17) is 14.7 Å². The quantitative estimate of drug-likeness (QED) is 0.808. The number of aromatic nitrogens is 3. The smallest absolute Gasteiger partial charge is 0.255 e. The van der Waals surface area contributed by atoms with Crippen molar-refractivity contribution < 1.29 is 14.3 Å². The fraction of sp³-hybridized carbons (Fsp3) is 0.389. The second-order valence-electron chi connectivity index (χ2n) is 5.77. The predicted molar refractivity (Wildman–Crippen MR) is 91.7 cm³/mol. The monoisotopic (exact) mass is 353 g/mol. The molecule has 0 saturated carbocycles. The van der Waals surface area contributed by atoms with Crippen molar-refractivity contribution in [3.63, 3.8) is 0 Å². The highest BCUT2D eigenvalue weighted by Crippen LogP contribution is 2.20. The number of pyridine rings is 1. The summed E-state index contributed by atoms with van der Waals surface area (Å²) in [7, 11) is 0. The number of amides is 1. The van der Waals surface area contributed by atoms with E-state index in [1.54, 1.807) is 17.0 Å². The Bertz CT molecular complexity index is 803. The Kier molecular flexibility index (Phi) is 5.59. The maximum atomic E-state index is 12.7. The van der Waals surface area contributed by atoms with Gasteiger partial charge < -0.3 is 14.4 Å². The zero-order valence-corrected chi connectivity index (χ0v) is 14.5. The lowest BCUT2D eigenvalue weighted by molar-refractivity contribution is 0.0525. The van der Waals surface area contributed by atoms with Crippen molar-refractivity contribution in [1.29, 1.82) is 5.26 Å². The second kappa shape index (κ2) is 8.25. The third-order valence-corrected chi connectivity index (χ3v) is 3.99. The zero-order valence-electron chi connectivity index (χ0n) is 14.5. The Morgan fingerprint density at radius 1 is 1.35 bits per heavy atom. The van der Waals surface area contributed by atoms with Gasteiger partial charge in [-0.15, -0.1) is 0 Å². The van der Waals surface area contributed by atoms with Crippen molar-refractivity contribution in [1.82, 2.24) is 19.9 Å². The summed E-state index contributed by atoms with van der Waals surface area (Å²) in [6.07, 6.45) is 5.81. The number of carbonyl (C=O) groups excluding carboxylic acids is 1. The van der Waals surface area contributed by atoms with Gasteiger partial charge in [-0.1, -0.05) is 0 Å². The number of likely N-dealkylation sites (tertiary alicyclic amines) is 1. The Morgan fingerprint density at radius 2 is 2.19 bits per heavy atom. The minimum absolute atomic E-state index is 0.103. The highest BCUT2D eigenvalue weighted by molar-refractivity contribution is 5.94. The van der Waals surface area contributed by atoms with Crippen LogP contribution in [0.3, 0.4) is 0 Å². The molecular formula is C18H19N5O3. The molecule has 0 aromatic carbocycles. The first kappa shape index (κ1) is 17.6. The van der Waals surface area contributed by atoms with Crippen LogP contribution < -0.4 is 9.47 Å². The molecule has 1 atom stereocenters. The summed E-state index contributed by atoms with van der Waals surface area (Å²) in [6, 6.07) is 5.36. The molecule has 8 nitrogen and oxygen atoms in total. The Labute approximate surface area is 151 Å². The Morgan fingerprint density at radius 3 is 2.92 bits per heavy atom. The lowest BCUT2D eigenvalue weighted by Gasteiger charge is -2.32. The van der Waals surface area contributed by atoms with Gasteiger partial charge in [-0.3, -0.25) is 4.79 Å². The average molecular weight is 353 g/mol. The van der Waals surface area contributed by atoms with Crippen LogP contribution in [0.2, 0.25) is 0 Å². The summed E-state index contributed by atoms with van der Waals surface area (Å²) in [6.45, 7) is 3.48. The van der Waals surface area contributed by atoms with Crippen molar-refractivity contribution in [2.45, 2.75) is 25.9 Å². The molecule has 1 saturated heterocycles. The molecule has 0 aliphatic carbocycles. The van der Waals surface area contributed by atoms with Gasteiger partial charge in [0.1, 0.15) is 12.2 Å². The van der Waals surface area contributed by atoms with Gasteiger partial charge >= 0.3 is 0 Å². The lowest BCUT2D eigenvalue weighted by atomic mass is 10.1. The van der Waals surface area contributed by atoms with Crippen molar-refractivity contribution in [2.75, 3.05) is 19.7 Å². The van der Waals surface area contributed by atoms with Gasteiger partial charge in [-0.25, -0.2) is 15.0 Å². The highest BCUT2D eigenvalue weighted by Gasteiger charge is 2.27. The second-order valence-corrected chi connectivity index (χ2v) is 5.77. The van der Waals surface area contributed by atoms with Crippen LogP contribution in [0.15, 0.2) is 30.7 Å². The van der Waals surface area contributed by atoms with Crippen molar-refractivity contribution in [3.8, 4) is 17.8 Å². The Hall–Kier alpha value is -3.21. The minimum Gasteiger partial charge on any atom is -0.478 e. The maximum absolute atomic E-state index is 12.7. The van der Waals surface area contributed by atoms with E-state index in [9.17, 15) is 4.79 Å². The van der Waals surface area contributed by atoms with E-state index in [2.05, 4.69) is 15.0 Å². The molecule has 3 heterocycles. The van der Waals surface area contributed by atoms with Crippen LogP contribution in [0.25, 0.3) is 0 Å². The van der Waals surface area contributed by atoms with Gasteiger partial charge in [-0.05, 0) is 25.8 Å². The molecule has 0 unspecified atom stereocenters.